The van der Waals surface area contributed by atoms with E-state index in [0.717, 1.165) is 11.8 Å². The van der Waals surface area contributed by atoms with E-state index < -0.39 is 17.1 Å². The molecule has 10 nitrogen and oxygen atoms in total. The topological polar surface area (TPSA) is 137 Å². The fourth-order valence-electron chi connectivity index (χ4n) is 2.20. The summed E-state index contributed by atoms with van der Waals surface area (Å²) in [4.78, 5) is 44.6. The highest BCUT2D eigenvalue weighted by Crippen LogP contribution is 2.24. The first kappa shape index (κ1) is 20.6. The predicted octanol–water partition coefficient (Wildman–Crippen LogP) is 1.33. The van der Waals surface area contributed by atoms with E-state index in [-0.39, 0.29) is 41.7 Å². The first-order chi connectivity index (χ1) is 12.9. The van der Waals surface area contributed by atoms with Gasteiger partial charge in [0.1, 0.15) is 12.0 Å². The molecule has 1 heterocycles. The van der Waals surface area contributed by atoms with Crippen LogP contribution in [0.1, 0.15) is 18.4 Å². The van der Waals surface area contributed by atoms with Crippen molar-refractivity contribution in [2.24, 2.45) is 0 Å². The average molecular weight is 397 g/mol. The van der Waals surface area contributed by atoms with Crippen LogP contribution in [0.15, 0.2) is 24.3 Å². The van der Waals surface area contributed by atoms with Crippen molar-refractivity contribution >= 4 is 34.6 Å². The van der Waals surface area contributed by atoms with E-state index in [1.54, 1.807) is 0 Å². The van der Waals surface area contributed by atoms with Crippen molar-refractivity contribution in [2.75, 3.05) is 13.7 Å². The molecule has 1 aromatic rings. The molecule has 1 aliphatic rings. The molecule has 1 saturated heterocycles. The SMILES string of the molecule is COC1C(=O)NC1SC(=O)CCCNC(=O)OCc1ccc([N+](=O)[O-])cc1. The summed E-state index contributed by atoms with van der Waals surface area (Å²) >= 11 is 1.00. The summed E-state index contributed by atoms with van der Waals surface area (Å²) in [6, 6.07) is 5.68. The summed E-state index contributed by atoms with van der Waals surface area (Å²) < 4.78 is 9.95. The molecule has 11 heteroatoms. The molecule has 2 rings (SSSR count). The molecule has 2 N–H and O–H groups in total. The van der Waals surface area contributed by atoms with E-state index >= 15 is 0 Å². The van der Waals surface area contributed by atoms with Gasteiger partial charge >= 0.3 is 6.09 Å². The minimum atomic E-state index is -0.640. The van der Waals surface area contributed by atoms with Gasteiger partial charge in [0.25, 0.3) is 11.6 Å². The smallest absolute Gasteiger partial charge is 0.407 e. The van der Waals surface area contributed by atoms with Crippen LogP contribution < -0.4 is 10.6 Å². The number of nitrogens with one attached hydrogen (secondary N) is 2. The Morgan fingerprint density at radius 3 is 2.63 bits per heavy atom. The van der Waals surface area contributed by atoms with E-state index in [9.17, 15) is 24.5 Å². The number of hydrogen-bond donors (Lipinski definition) is 2. The van der Waals surface area contributed by atoms with Crippen LogP contribution in [0.5, 0.6) is 0 Å². The molecular formula is C16H19N3O7S. The molecule has 2 amide bonds. The summed E-state index contributed by atoms with van der Waals surface area (Å²) in [6.45, 7) is 0.245. The van der Waals surface area contributed by atoms with Gasteiger partial charge < -0.3 is 20.1 Å². The van der Waals surface area contributed by atoms with Crippen LogP contribution in [0, 0.1) is 10.1 Å². The number of carbonyl (C=O) groups excluding carboxylic acids is 3. The van der Waals surface area contributed by atoms with Crippen LogP contribution in [-0.2, 0) is 25.7 Å². The Morgan fingerprint density at radius 1 is 1.33 bits per heavy atom. The number of ether oxygens (including phenoxy) is 2. The number of alkyl carbamates (subject to hydrolysis) is 1. The van der Waals surface area contributed by atoms with Gasteiger partial charge in [-0.25, -0.2) is 4.79 Å². The van der Waals surface area contributed by atoms with E-state index in [0.29, 0.717) is 12.0 Å². The third-order valence-corrected chi connectivity index (χ3v) is 4.76. The van der Waals surface area contributed by atoms with Gasteiger partial charge in [-0.2, -0.15) is 0 Å². The minimum Gasteiger partial charge on any atom is -0.445 e. The first-order valence-corrected chi connectivity index (χ1v) is 8.95. The summed E-state index contributed by atoms with van der Waals surface area (Å²) in [5.74, 6) is -0.236. The van der Waals surface area contributed by atoms with Crippen molar-refractivity contribution in [1.29, 1.82) is 0 Å². The lowest BCUT2D eigenvalue weighted by molar-refractivity contribution is -0.384. The number of nitro groups is 1. The fourth-order valence-corrected chi connectivity index (χ4v) is 3.28. The Kier molecular flexibility index (Phi) is 7.55. The van der Waals surface area contributed by atoms with Crippen LogP contribution in [0.2, 0.25) is 0 Å². The molecule has 0 radical (unpaired) electrons. The van der Waals surface area contributed by atoms with E-state index in [1.165, 1.54) is 31.4 Å². The van der Waals surface area contributed by atoms with Crippen molar-refractivity contribution in [1.82, 2.24) is 10.6 Å². The van der Waals surface area contributed by atoms with E-state index in [2.05, 4.69) is 10.6 Å². The van der Waals surface area contributed by atoms with Gasteiger partial charge in [-0.3, -0.25) is 19.7 Å². The van der Waals surface area contributed by atoms with E-state index in [4.69, 9.17) is 9.47 Å². The number of hydrogen-bond acceptors (Lipinski definition) is 8. The molecule has 0 saturated carbocycles. The number of thioether (sulfide) groups is 1. The number of carbonyl (C=O) groups is 3. The van der Waals surface area contributed by atoms with Crippen molar-refractivity contribution in [3.05, 3.63) is 39.9 Å². The molecule has 0 spiro atoms. The Hall–Kier alpha value is -2.66. The predicted molar refractivity (Wildman–Crippen MR) is 95.8 cm³/mol. The summed E-state index contributed by atoms with van der Waals surface area (Å²) in [7, 11) is 1.41. The normalized spacial score (nSPS) is 18.2. The van der Waals surface area contributed by atoms with Crippen molar-refractivity contribution in [2.45, 2.75) is 30.9 Å². The number of non-ortho nitro benzene ring substituents is 1. The number of methoxy groups -OCH3 is 1. The second-order valence-electron chi connectivity index (χ2n) is 5.61. The first-order valence-electron chi connectivity index (χ1n) is 8.07. The van der Waals surface area contributed by atoms with Crippen LogP contribution >= 0.6 is 11.8 Å². The standard InChI is InChI=1S/C16H19N3O7S/c1-25-13-14(21)18-15(13)27-12(20)3-2-8-17-16(22)26-9-10-4-6-11(7-5-10)19(23)24/h4-7,13,15H,2-3,8-9H2,1H3,(H,17,22)(H,18,21). The maximum Gasteiger partial charge on any atom is 0.407 e. The maximum atomic E-state index is 11.8. The number of benzene rings is 1. The van der Waals surface area contributed by atoms with Crippen LogP contribution in [0.4, 0.5) is 10.5 Å². The van der Waals surface area contributed by atoms with Crippen LogP contribution in [-0.4, -0.2) is 47.2 Å². The van der Waals surface area contributed by atoms with Gasteiger partial charge in [0.05, 0.1) is 4.92 Å². The highest BCUT2D eigenvalue weighted by atomic mass is 32.2. The summed E-state index contributed by atoms with van der Waals surface area (Å²) in [5.41, 5.74) is 0.585. The monoisotopic (exact) mass is 397 g/mol. The quantitative estimate of drug-likeness (QED) is 0.276. The Bertz CT molecular complexity index is 710. The Balaban J connectivity index is 1.57. The van der Waals surface area contributed by atoms with E-state index in [1.807, 2.05) is 0 Å². The molecule has 0 aromatic heterocycles. The molecular weight excluding hydrogens is 378 g/mol. The van der Waals surface area contributed by atoms with Crippen LogP contribution in [0.3, 0.4) is 0 Å². The third kappa shape index (κ3) is 6.22. The lowest BCUT2D eigenvalue weighted by Gasteiger charge is -2.34. The number of nitrogens with zero attached hydrogens (tertiary/aromatic N) is 1. The largest absolute Gasteiger partial charge is 0.445 e. The van der Waals surface area contributed by atoms with Gasteiger partial charge in [-0.1, -0.05) is 11.8 Å². The third-order valence-electron chi connectivity index (χ3n) is 3.67. The minimum absolute atomic E-state index is 0.0155. The fraction of sp³-hybridized carbons (Fsp3) is 0.438. The van der Waals surface area contributed by atoms with Gasteiger partial charge in [0, 0.05) is 32.2 Å². The highest BCUT2D eigenvalue weighted by Gasteiger charge is 2.41. The number of amides is 2. The Morgan fingerprint density at radius 2 is 2.04 bits per heavy atom. The zero-order valence-electron chi connectivity index (χ0n) is 14.5. The van der Waals surface area contributed by atoms with Gasteiger partial charge in [0.15, 0.2) is 11.2 Å². The molecule has 27 heavy (non-hydrogen) atoms. The average Bonchev–Trinajstić information content (AvgIpc) is 2.63. The number of β-lactam (4-membered cyclic amide) rings is 1. The van der Waals surface area contributed by atoms with Crippen molar-refractivity contribution in [3.63, 3.8) is 0 Å². The molecule has 1 aromatic carbocycles. The Labute approximate surface area is 159 Å². The number of rotatable bonds is 9. The zero-order chi connectivity index (χ0) is 19.8. The van der Waals surface area contributed by atoms with Gasteiger partial charge in [0.2, 0.25) is 0 Å². The number of nitro benzene ring substituents is 1. The van der Waals surface area contributed by atoms with Crippen LogP contribution in [0.25, 0.3) is 0 Å². The van der Waals surface area contributed by atoms with Gasteiger partial charge in [-0.15, -0.1) is 0 Å². The lowest BCUT2D eigenvalue weighted by atomic mass is 10.2. The second kappa shape index (κ2) is 9.88. The highest BCUT2D eigenvalue weighted by molar-refractivity contribution is 8.14. The molecule has 1 aliphatic heterocycles. The molecule has 2 atom stereocenters. The molecule has 0 aliphatic carbocycles. The molecule has 146 valence electrons. The molecule has 2 unspecified atom stereocenters. The summed E-state index contributed by atoms with van der Waals surface area (Å²) in [6.07, 6.45) is -0.585. The molecule has 1 fully saturated rings. The maximum absolute atomic E-state index is 11.8. The zero-order valence-corrected chi connectivity index (χ0v) is 15.3. The van der Waals surface area contributed by atoms with Gasteiger partial charge in [-0.05, 0) is 24.1 Å². The summed E-state index contributed by atoms with van der Waals surface area (Å²) in [5, 5.41) is 15.2. The van der Waals surface area contributed by atoms with Crippen molar-refractivity contribution < 1.29 is 28.8 Å². The molecule has 0 bridgehead atoms. The second-order valence-corrected chi connectivity index (χ2v) is 6.80. The lowest BCUT2D eigenvalue weighted by Crippen LogP contribution is -2.61. The van der Waals surface area contributed by atoms with Crippen molar-refractivity contribution in [3.8, 4) is 0 Å².